The summed E-state index contributed by atoms with van der Waals surface area (Å²) in [6, 6.07) is 13.2. The molecule has 0 atom stereocenters. The number of carboxylic acids is 2. The minimum atomic E-state index is -1.26. The third kappa shape index (κ3) is 9.06. The van der Waals surface area contributed by atoms with Gasteiger partial charge in [0.25, 0.3) is 5.91 Å². The lowest BCUT2D eigenvalue weighted by Crippen LogP contribution is -2.25. The number of aliphatic carboxylic acids is 2. The summed E-state index contributed by atoms with van der Waals surface area (Å²) >= 11 is 6.29. The predicted octanol–water partition coefficient (Wildman–Crippen LogP) is 3.88. The van der Waals surface area contributed by atoms with Crippen molar-refractivity contribution in [3.8, 4) is 0 Å². The Morgan fingerprint density at radius 1 is 1.00 bits per heavy atom. The Kier molecular flexibility index (Phi) is 12.0. The molecule has 2 aromatic carbocycles. The van der Waals surface area contributed by atoms with E-state index in [4.69, 9.17) is 26.6 Å². The van der Waals surface area contributed by atoms with Crippen molar-refractivity contribution < 1.29 is 34.1 Å². The summed E-state index contributed by atoms with van der Waals surface area (Å²) in [6.45, 7) is 4.20. The zero-order chi connectivity index (χ0) is 28.1. The lowest BCUT2D eigenvalue weighted by molar-refractivity contribution is -0.137. The number of nitrogens with one attached hydrogen (secondary N) is 1. The number of hydrogen-bond donors (Lipinski definition) is 3. The second-order valence-electron chi connectivity index (χ2n) is 7.89. The monoisotopic (exact) mass is 543 g/mol. The number of fused-ring (bicyclic) bond motifs is 2. The van der Waals surface area contributed by atoms with E-state index < -0.39 is 11.9 Å². The molecule has 1 heterocycles. The molecule has 3 rings (SSSR count). The zero-order valence-corrected chi connectivity index (χ0v) is 21.9. The van der Waals surface area contributed by atoms with Crippen LogP contribution in [0.2, 0.25) is 5.02 Å². The Morgan fingerprint density at radius 3 is 2.34 bits per heavy atom. The summed E-state index contributed by atoms with van der Waals surface area (Å²) in [7, 11) is 1.78. The summed E-state index contributed by atoms with van der Waals surface area (Å²) in [4.78, 5) is 47.2. The number of esters is 1. The van der Waals surface area contributed by atoms with Crippen LogP contribution in [0.25, 0.3) is 0 Å². The highest BCUT2D eigenvalue weighted by atomic mass is 35.5. The van der Waals surface area contributed by atoms with Crippen LogP contribution in [0.5, 0.6) is 0 Å². The molecule has 0 aromatic heterocycles. The predicted molar refractivity (Wildman–Crippen MR) is 145 cm³/mol. The zero-order valence-electron chi connectivity index (χ0n) is 21.1. The average Bonchev–Trinajstić information content (AvgIpc) is 2.96. The van der Waals surface area contributed by atoms with Crippen molar-refractivity contribution in [2.24, 2.45) is 0 Å². The Bertz CT molecular complexity index is 1200. The molecule has 38 heavy (non-hydrogen) atoms. The van der Waals surface area contributed by atoms with Gasteiger partial charge in [0.1, 0.15) is 0 Å². The van der Waals surface area contributed by atoms with Crippen molar-refractivity contribution in [1.82, 2.24) is 5.32 Å². The maximum atomic E-state index is 13.0. The van der Waals surface area contributed by atoms with E-state index in [2.05, 4.69) is 10.2 Å². The Hall–Kier alpha value is -4.15. The van der Waals surface area contributed by atoms with E-state index in [9.17, 15) is 19.2 Å². The van der Waals surface area contributed by atoms with Crippen LogP contribution in [0, 0.1) is 0 Å². The molecule has 0 aliphatic carbocycles. The van der Waals surface area contributed by atoms with Crippen molar-refractivity contribution in [2.45, 2.75) is 13.3 Å². The van der Waals surface area contributed by atoms with Crippen LogP contribution in [0.4, 0.5) is 17.1 Å². The molecule has 10 nitrogen and oxygen atoms in total. The van der Waals surface area contributed by atoms with E-state index in [1.54, 1.807) is 31.0 Å². The van der Waals surface area contributed by atoms with Crippen LogP contribution in [-0.2, 0) is 19.1 Å². The largest absolute Gasteiger partial charge is 0.478 e. The maximum Gasteiger partial charge on any atom is 0.330 e. The number of amides is 1. The number of anilines is 3. The number of ether oxygens (including phenoxy) is 1. The number of para-hydroxylation sites is 1. The summed E-state index contributed by atoms with van der Waals surface area (Å²) in [6.07, 6.45) is 5.14. The van der Waals surface area contributed by atoms with Gasteiger partial charge in [0.2, 0.25) is 0 Å². The number of halogens is 1. The summed E-state index contributed by atoms with van der Waals surface area (Å²) in [5, 5.41) is 19.5. The van der Waals surface area contributed by atoms with Gasteiger partial charge in [0.05, 0.1) is 29.2 Å². The van der Waals surface area contributed by atoms with Crippen molar-refractivity contribution in [3.05, 3.63) is 77.4 Å². The molecule has 0 fully saturated rings. The van der Waals surface area contributed by atoms with E-state index >= 15 is 0 Å². The molecule has 11 heteroatoms. The first-order chi connectivity index (χ1) is 18.1. The smallest absolute Gasteiger partial charge is 0.330 e. The second-order valence-corrected chi connectivity index (χ2v) is 8.32. The standard InChI is InChI=1S/C23H26ClN3O3.C4H4O4/c1-3-30-22(28)10-6-13-25-14-7-15-27-19-9-5-4-8-18(19)23(29)26(2)20-12-11-17(24)16-21(20)27;5-3(6)1-2-4(7)8/h4-6,8-12,16,25H,3,7,13-15H2,1-2H3;1-2H,(H,5,6)(H,7,8)/b10-6+;2-1-. The molecule has 2 aromatic rings. The van der Waals surface area contributed by atoms with Gasteiger partial charge in [0, 0.05) is 43.4 Å². The number of hydrogen-bond acceptors (Lipinski definition) is 7. The fourth-order valence-electron chi connectivity index (χ4n) is 3.58. The fourth-order valence-corrected chi connectivity index (χ4v) is 3.75. The first-order valence-corrected chi connectivity index (χ1v) is 12.2. The quantitative estimate of drug-likeness (QED) is 0.231. The number of carbonyl (C=O) groups is 4. The SMILES string of the molecule is CCOC(=O)/C=C/CNCCCN1c2ccccc2C(=O)N(C)c2ccc(Cl)cc21.O=C(O)/C=C\C(=O)O. The summed E-state index contributed by atoms with van der Waals surface area (Å²) < 4.78 is 4.85. The summed E-state index contributed by atoms with van der Waals surface area (Å²) in [5.41, 5.74) is 3.27. The minimum Gasteiger partial charge on any atom is -0.478 e. The van der Waals surface area contributed by atoms with Gasteiger partial charge in [-0.2, -0.15) is 0 Å². The van der Waals surface area contributed by atoms with Crippen LogP contribution >= 0.6 is 11.6 Å². The third-order valence-corrected chi connectivity index (χ3v) is 5.46. The number of nitrogens with zero attached hydrogens (tertiary/aromatic N) is 2. The van der Waals surface area contributed by atoms with Crippen molar-refractivity contribution in [2.75, 3.05) is 43.1 Å². The molecule has 0 saturated carbocycles. The van der Waals surface area contributed by atoms with Gasteiger partial charge < -0.3 is 30.1 Å². The second kappa shape index (κ2) is 15.2. The maximum absolute atomic E-state index is 13.0. The molecule has 1 aliphatic rings. The van der Waals surface area contributed by atoms with Gasteiger partial charge in [-0.25, -0.2) is 14.4 Å². The van der Waals surface area contributed by atoms with Gasteiger partial charge in [-0.15, -0.1) is 0 Å². The minimum absolute atomic E-state index is 0.0427. The van der Waals surface area contributed by atoms with Crippen LogP contribution in [0.1, 0.15) is 23.7 Å². The third-order valence-electron chi connectivity index (χ3n) is 5.23. The first-order valence-electron chi connectivity index (χ1n) is 11.8. The molecule has 1 aliphatic heterocycles. The molecule has 0 saturated heterocycles. The Morgan fingerprint density at radius 2 is 1.68 bits per heavy atom. The lowest BCUT2D eigenvalue weighted by atomic mass is 10.1. The molecule has 0 radical (unpaired) electrons. The number of carbonyl (C=O) groups excluding carboxylic acids is 2. The first kappa shape index (κ1) is 30.1. The van der Waals surface area contributed by atoms with Gasteiger partial charge in [-0.3, -0.25) is 4.79 Å². The highest BCUT2D eigenvalue weighted by molar-refractivity contribution is 6.31. The highest BCUT2D eigenvalue weighted by Crippen LogP contribution is 2.41. The average molecular weight is 544 g/mol. The molecule has 202 valence electrons. The van der Waals surface area contributed by atoms with Crippen molar-refractivity contribution in [3.63, 3.8) is 0 Å². The van der Waals surface area contributed by atoms with E-state index in [0.29, 0.717) is 42.4 Å². The summed E-state index contributed by atoms with van der Waals surface area (Å²) in [5.74, 6) is -2.89. The van der Waals surface area contributed by atoms with Crippen molar-refractivity contribution in [1.29, 1.82) is 0 Å². The lowest BCUT2D eigenvalue weighted by Gasteiger charge is -2.27. The molecule has 1 amide bonds. The number of benzene rings is 2. The fraction of sp³-hybridized carbons (Fsp3) is 0.259. The number of carboxylic acid groups (broad SMARTS) is 2. The topological polar surface area (TPSA) is 136 Å². The van der Waals surface area contributed by atoms with Crippen molar-refractivity contribution >= 4 is 52.5 Å². The van der Waals surface area contributed by atoms with Gasteiger partial charge in [-0.05, 0) is 50.2 Å². The molecular weight excluding hydrogens is 514 g/mol. The van der Waals surface area contributed by atoms with Crippen LogP contribution in [0.15, 0.2) is 66.8 Å². The Balaban J connectivity index is 0.000000550. The molecule has 0 spiro atoms. The normalized spacial score (nSPS) is 12.4. The van der Waals surface area contributed by atoms with Gasteiger partial charge in [-0.1, -0.05) is 29.8 Å². The Labute approximate surface area is 225 Å². The van der Waals surface area contributed by atoms with E-state index in [0.717, 1.165) is 30.0 Å². The van der Waals surface area contributed by atoms with Gasteiger partial charge >= 0.3 is 17.9 Å². The van der Waals surface area contributed by atoms with Crippen LogP contribution in [0.3, 0.4) is 0 Å². The highest BCUT2D eigenvalue weighted by Gasteiger charge is 2.28. The molecule has 0 unspecified atom stereocenters. The van der Waals surface area contributed by atoms with E-state index in [1.165, 1.54) is 6.08 Å². The van der Waals surface area contributed by atoms with E-state index in [1.807, 2.05) is 36.4 Å². The van der Waals surface area contributed by atoms with Gasteiger partial charge in [0.15, 0.2) is 0 Å². The van der Waals surface area contributed by atoms with Crippen LogP contribution in [-0.4, -0.2) is 67.3 Å². The van der Waals surface area contributed by atoms with Crippen LogP contribution < -0.4 is 15.1 Å². The number of rotatable bonds is 10. The molecule has 3 N–H and O–H groups in total. The molecular formula is C27H30ClN3O7. The van der Waals surface area contributed by atoms with E-state index in [-0.39, 0.29) is 11.9 Å². The molecule has 0 bridgehead atoms.